The Labute approximate surface area is 174 Å². The first-order valence-electron chi connectivity index (χ1n) is 10.7. The number of piperidine rings is 1. The molecule has 1 fully saturated rings. The Morgan fingerprint density at radius 3 is 2.38 bits per heavy atom. The monoisotopic (exact) mass is 392 g/mol. The van der Waals surface area contributed by atoms with Crippen LogP contribution in [-0.4, -0.2) is 24.6 Å². The highest BCUT2D eigenvalue weighted by Crippen LogP contribution is 2.40. The van der Waals surface area contributed by atoms with E-state index < -0.39 is 0 Å². The number of carbonyl (C=O) groups is 1. The van der Waals surface area contributed by atoms with E-state index in [2.05, 4.69) is 80.4 Å². The lowest BCUT2D eigenvalue weighted by atomic mass is 9.88. The number of nitrogens with zero attached hydrogens (tertiary/aromatic N) is 1. The van der Waals surface area contributed by atoms with Crippen molar-refractivity contribution in [1.82, 2.24) is 5.32 Å². The number of hydrogen-bond acceptors (Lipinski definition) is 3. The van der Waals surface area contributed by atoms with Crippen LogP contribution in [0.1, 0.15) is 55.8 Å². The van der Waals surface area contributed by atoms with Crippen LogP contribution in [0.25, 0.3) is 0 Å². The van der Waals surface area contributed by atoms with E-state index in [9.17, 15) is 4.79 Å². The minimum Gasteiger partial charge on any atom is -0.487 e. The minimum absolute atomic E-state index is 0.0111. The maximum Gasteiger partial charge on any atom is 0.223 e. The Bertz CT molecular complexity index is 880. The van der Waals surface area contributed by atoms with Gasteiger partial charge in [-0.1, -0.05) is 29.8 Å². The first-order chi connectivity index (χ1) is 13.8. The van der Waals surface area contributed by atoms with E-state index in [1.54, 1.807) is 0 Å². The summed E-state index contributed by atoms with van der Waals surface area (Å²) in [4.78, 5) is 15.5. The highest BCUT2D eigenvalue weighted by molar-refractivity contribution is 5.79. The van der Waals surface area contributed by atoms with E-state index in [-0.39, 0.29) is 23.5 Å². The van der Waals surface area contributed by atoms with E-state index in [0.717, 1.165) is 43.7 Å². The average Bonchev–Trinajstić information content (AvgIpc) is 2.67. The van der Waals surface area contributed by atoms with Crippen molar-refractivity contribution in [2.75, 3.05) is 18.0 Å². The smallest absolute Gasteiger partial charge is 0.223 e. The van der Waals surface area contributed by atoms with Crippen molar-refractivity contribution < 1.29 is 9.53 Å². The van der Waals surface area contributed by atoms with Crippen LogP contribution < -0.4 is 15.0 Å². The molecule has 4 rings (SSSR count). The summed E-state index contributed by atoms with van der Waals surface area (Å²) >= 11 is 0. The third kappa shape index (κ3) is 4.42. The van der Waals surface area contributed by atoms with Crippen LogP contribution in [0.15, 0.2) is 42.5 Å². The molecule has 1 N–H and O–H groups in total. The Balaban J connectivity index is 1.41. The van der Waals surface area contributed by atoms with Crippen molar-refractivity contribution in [1.29, 1.82) is 0 Å². The zero-order chi connectivity index (χ0) is 20.6. The van der Waals surface area contributed by atoms with Gasteiger partial charge in [0.25, 0.3) is 0 Å². The summed E-state index contributed by atoms with van der Waals surface area (Å²) in [5.74, 6) is 1.17. The molecule has 29 heavy (non-hydrogen) atoms. The van der Waals surface area contributed by atoms with Crippen molar-refractivity contribution >= 4 is 11.6 Å². The average molecular weight is 393 g/mol. The summed E-state index contributed by atoms with van der Waals surface area (Å²) < 4.78 is 6.17. The fourth-order valence-corrected chi connectivity index (χ4v) is 4.53. The highest BCUT2D eigenvalue weighted by Gasteiger charge is 2.36. The minimum atomic E-state index is -0.284. The number of carbonyl (C=O) groups excluding carboxylic acids is 1. The second-order valence-electron chi connectivity index (χ2n) is 9.27. The predicted molar refractivity (Wildman–Crippen MR) is 118 cm³/mol. The van der Waals surface area contributed by atoms with Gasteiger partial charge in [0.1, 0.15) is 11.4 Å². The Hall–Kier alpha value is -2.49. The lowest BCUT2D eigenvalue weighted by Gasteiger charge is -2.39. The number of aryl methyl sites for hydroxylation is 2. The van der Waals surface area contributed by atoms with Gasteiger partial charge in [-0.05, 0) is 64.3 Å². The van der Waals surface area contributed by atoms with Gasteiger partial charge in [0.05, 0.1) is 6.04 Å². The van der Waals surface area contributed by atoms with Gasteiger partial charge in [-0.3, -0.25) is 4.79 Å². The van der Waals surface area contributed by atoms with Crippen molar-refractivity contribution in [2.24, 2.45) is 5.92 Å². The lowest BCUT2D eigenvalue weighted by molar-refractivity contribution is -0.126. The van der Waals surface area contributed by atoms with Crippen molar-refractivity contribution in [3.63, 3.8) is 0 Å². The molecule has 154 valence electrons. The maximum atomic E-state index is 13.1. The van der Waals surface area contributed by atoms with E-state index in [1.165, 1.54) is 16.8 Å². The Morgan fingerprint density at radius 1 is 1.03 bits per heavy atom. The molecule has 2 aromatic carbocycles. The molecule has 0 radical (unpaired) electrons. The summed E-state index contributed by atoms with van der Waals surface area (Å²) in [5, 5.41) is 3.34. The molecule has 4 nitrogen and oxygen atoms in total. The van der Waals surface area contributed by atoms with Gasteiger partial charge < -0.3 is 15.0 Å². The Kier molecular flexibility index (Phi) is 5.28. The molecule has 2 aliphatic heterocycles. The van der Waals surface area contributed by atoms with Gasteiger partial charge in [-0.25, -0.2) is 0 Å². The second kappa shape index (κ2) is 7.74. The SMILES string of the molecule is Cc1ccc(N2CCC(C(=O)N[C@@H]3CC(C)(C)Oc4cc(C)ccc43)CC2)cc1. The molecule has 0 aromatic heterocycles. The van der Waals surface area contributed by atoms with E-state index in [4.69, 9.17) is 4.74 Å². The van der Waals surface area contributed by atoms with Crippen LogP contribution in [0, 0.1) is 19.8 Å². The third-order valence-corrected chi connectivity index (χ3v) is 6.21. The number of amides is 1. The highest BCUT2D eigenvalue weighted by atomic mass is 16.5. The van der Waals surface area contributed by atoms with Crippen LogP contribution in [0.3, 0.4) is 0 Å². The van der Waals surface area contributed by atoms with Gasteiger partial charge in [0, 0.05) is 36.7 Å². The fourth-order valence-electron chi connectivity index (χ4n) is 4.53. The molecule has 2 aromatic rings. The number of benzene rings is 2. The van der Waals surface area contributed by atoms with Crippen LogP contribution in [0.5, 0.6) is 5.75 Å². The quantitative estimate of drug-likeness (QED) is 0.804. The number of hydrogen-bond donors (Lipinski definition) is 1. The van der Waals surface area contributed by atoms with Crippen LogP contribution >= 0.6 is 0 Å². The largest absolute Gasteiger partial charge is 0.487 e. The molecule has 0 spiro atoms. The first kappa shape index (κ1) is 19.8. The molecule has 2 aliphatic rings. The van der Waals surface area contributed by atoms with Gasteiger partial charge in [-0.15, -0.1) is 0 Å². The fraction of sp³-hybridized carbons (Fsp3) is 0.480. The van der Waals surface area contributed by atoms with Crippen LogP contribution in [0.4, 0.5) is 5.69 Å². The number of nitrogens with one attached hydrogen (secondary N) is 1. The summed E-state index contributed by atoms with van der Waals surface area (Å²) in [5.41, 5.74) is 4.52. The molecule has 2 heterocycles. The standard InChI is InChI=1S/C25H32N2O2/c1-17-5-8-20(9-6-17)27-13-11-19(12-14-27)24(28)26-22-16-25(3,4)29-23-15-18(2)7-10-21(22)23/h5-10,15,19,22H,11-14,16H2,1-4H3,(H,26,28)/t22-/m1/s1. The lowest BCUT2D eigenvalue weighted by Crippen LogP contribution is -2.45. The molecule has 0 saturated carbocycles. The summed E-state index contributed by atoms with van der Waals surface area (Å²) in [6.45, 7) is 10.2. The molecule has 0 aliphatic carbocycles. The van der Waals surface area contributed by atoms with E-state index >= 15 is 0 Å². The summed E-state index contributed by atoms with van der Waals surface area (Å²) in [6, 6.07) is 15.0. The summed E-state index contributed by atoms with van der Waals surface area (Å²) in [7, 11) is 0. The van der Waals surface area contributed by atoms with E-state index in [0.29, 0.717) is 0 Å². The first-order valence-corrected chi connectivity index (χ1v) is 10.7. The van der Waals surface area contributed by atoms with Crippen molar-refractivity contribution in [3.8, 4) is 5.75 Å². The summed E-state index contributed by atoms with van der Waals surface area (Å²) in [6.07, 6.45) is 2.58. The zero-order valence-corrected chi connectivity index (χ0v) is 18.0. The van der Waals surface area contributed by atoms with Gasteiger partial charge in [-0.2, -0.15) is 0 Å². The molecular weight excluding hydrogens is 360 g/mol. The molecule has 1 atom stereocenters. The normalized spacial score (nSPS) is 21.2. The van der Waals surface area contributed by atoms with Crippen molar-refractivity contribution in [3.05, 3.63) is 59.2 Å². The Morgan fingerprint density at radius 2 is 1.69 bits per heavy atom. The van der Waals surface area contributed by atoms with Gasteiger partial charge >= 0.3 is 0 Å². The number of rotatable bonds is 3. The van der Waals surface area contributed by atoms with Crippen molar-refractivity contribution in [2.45, 2.75) is 58.6 Å². The predicted octanol–water partition coefficient (Wildman–Crippen LogP) is 4.94. The molecule has 4 heteroatoms. The zero-order valence-electron chi connectivity index (χ0n) is 18.0. The molecule has 1 amide bonds. The van der Waals surface area contributed by atoms with E-state index in [1.807, 2.05) is 0 Å². The molecule has 1 saturated heterocycles. The molecular formula is C25H32N2O2. The maximum absolute atomic E-state index is 13.1. The third-order valence-electron chi connectivity index (χ3n) is 6.21. The van der Waals surface area contributed by atoms with Gasteiger partial charge in [0.15, 0.2) is 0 Å². The number of anilines is 1. The van der Waals surface area contributed by atoms with Crippen LogP contribution in [0.2, 0.25) is 0 Å². The van der Waals surface area contributed by atoms with Gasteiger partial charge in [0.2, 0.25) is 5.91 Å². The number of fused-ring (bicyclic) bond motifs is 1. The molecule has 0 bridgehead atoms. The number of ether oxygens (including phenoxy) is 1. The molecule has 0 unspecified atom stereocenters. The second-order valence-corrected chi connectivity index (χ2v) is 9.27. The van der Waals surface area contributed by atoms with Crippen LogP contribution in [-0.2, 0) is 4.79 Å². The topological polar surface area (TPSA) is 41.6 Å².